The summed E-state index contributed by atoms with van der Waals surface area (Å²) < 4.78 is 82.1. The molecule has 0 radical (unpaired) electrons. The second kappa shape index (κ2) is 11.9. The number of fused-ring (bicyclic) bond motifs is 1. The Balaban J connectivity index is 1.22. The lowest BCUT2D eigenvalue weighted by atomic mass is 9.99. The number of rotatable bonds is 5. The number of nitrogens with zero attached hydrogens (tertiary/aromatic N) is 3. The van der Waals surface area contributed by atoms with Crippen LogP contribution in [0.15, 0.2) is 79.0 Å². The van der Waals surface area contributed by atoms with Crippen molar-refractivity contribution < 1.29 is 26.3 Å². The summed E-state index contributed by atoms with van der Waals surface area (Å²) in [5.74, 6) is 0.581. The summed E-state index contributed by atoms with van der Waals surface area (Å²) in [6, 6.07) is 18.6. The number of aromatic nitrogens is 1. The third kappa shape index (κ3) is 6.30. The number of anilines is 3. The molecule has 2 aliphatic rings. The molecule has 1 aromatic heterocycles. The number of benzene rings is 3. The van der Waals surface area contributed by atoms with Crippen molar-refractivity contribution in [3.05, 3.63) is 106 Å². The molecule has 3 aromatic carbocycles. The number of nitrogens with one attached hydrogen (secondary N) is 2. The predicted molar refractivity (Wildman–Crippen MR) is 160 cm³/mol. The fourth-order valence-electron chi connectivity index (χ4n) is 5.85. The standard InChI is InChI=1S/C32H28ClF6N5/c33-24-9-10-25(31(34,35)36)23(15-24)18-43-14-12-41-30-29(43)16-22(17-42-30)20-5-7-21(8-6-20)27-19-44(13-11-40-27)28-4-2-1-3-26(28)32(37,38)39/h1-10,15-17,27,40H,11-14,18-19H2,(H,41,42). The molecular formula is C32H28ClF6N5. The normalized spacial score (nSPS) is 17.3. The number of piperazine rings is 1. The fourth-order valence-corrected chi connectivity index (χ4v) is 6.04. The zero-order valence-electron chi connectivity index (χ0n) is 23.3. The Morgan fingerprint density at radius 2 is 1.55 bits per heavy atom. The lowest BCUT2D eigenvalue weighted by molar-refractivity contribution is -0.138. The number of pyridine rings is 1. The van der Waals surface area contributed by atoms with Crippen LogP contribution < -0.4 is 20.4 Å². The Morgan fingerprint density at radius 1 is 0.795 bits per heavy atom. The molecule has 0 saturated carbocycles. The van der Waals surface area contributed by atoms with Crippen LogP contribution in [0.5, 0.6) is 0 Å². The van der Waals surface area contributed by atoms with Crippen LogP contribution >= 0.6 is 11.6 Å². The van der Waals surface area contributed by atoms with E-state index in [1.807, 2.05) is 35.2 Å². The minimum Gasteiger partial charge on any atom is -0.368 e. The summed E-state index contributed by atoms with van der Waals surface area (Å²) >= 11 is 6.06. The smallest absolute Gasteiger partial charge is 0.368 e. The van der Waals surface area contributed by atoms with Crippen LogP contribution in [-0.4, -0.2) is 37.7 Å². The summed E-state index contributed by atoms with van der Waals surface area (Å²) in [4.78, 5) is 8.17. The van der Waals surface area contributed by atoms with Gasteiger partial charge in [-0.2, -0.15) is 26.3 Å². The van der Waals surface area contributed by atoms with E-state index in [2.05, 4.69) is 15.6 Å². The minimum atomic E-state index is -4.51. The Labute approximate surface area is 255 Å². The number of hydrogen-bond donors (Lipinski definition) is 2. The number of hydrogen-bond acceptors (Lipinski definition) is 5. The predicted octanol–water partition coefficient (Wildman–Crippen LogP) is 8.02. The topological polar surface area (TPSA) is 43.4 Å². The SMILES string of the molecule is FC(F)(F)c1ccc(Cl)cc1CN1CCNc2ncc(-c3ccc(C4CN(c5ccccc5C(F)(F)F)CCN4)cc3)cc21. The number of para-hydroxylation sites is 1. The van der Waals surface area contributed by atoms with Gasteiger partial charge in [-0.1, -0.05) is 48.0 Å². The lowest BCUT2D eigenvalue weighted by Crippen LogP contribution is -2.46. The van der Waals surface area contributed by atoms with Crippen molar-refractivity contribution in [2.75, 3.05) is 47.8 Å². The highest BCUT2D eigenvalue weighted by molar-refractivity contribution is 6.30. The molecule has 6 rings (SSSR count). The van der Waals surface area contributed by atoms with Crippen LogP contribution in [0.4, 0.5) is 43.5 Å². The molecule has 1 unspecified atom stereocenters. The van der Waals surface area contributed by atoms with Crippen molar-refractivity contribution in [2.45, 2.75) is 24.9 Å². The molecule has 2 aliphatic heterocycles. The van der Waals surface area contributed by atoms with Gasteiger partial charge in [0.05, 0.1) is 16.8 Å². The Morgan fingerprint density at radius 3 is 2.30 bits per heavy atom. The maximum Gasteiger partial charge on any atom is 0.418 e. The molecule has 0 aliphatic carbocycles. The van der Waals surface area contributed by atoms with Crippen LogP contribution in [0.2, 0.25) is 5.02 Å². The van der Waals surface area contributed by atoms with Crippen LogP contribution in [-0.2, 0) is 18.9 Å². The van der Waals surface area contributed by atoms with Gasteiger partial charge < -0.3 is 20.4 Å². The minimum absolute atomic E-state index is 0.00940. The third-order valence-electron chi connectivity index (χ3n) is 7.99. The highest BCUT2D eigenvalue weighted by atomic mass is 35.5. The van der Waals surface area contributed by atoms with Gasteiger partial charge in [-0.15, -0.1) is 0 Å². The highest BCUT2D eigenvalue weighted by Crippen LogP contribution is 2.39. The largest absolute Gasteiger partial charge is 0.418 e. The maximum atomic E-state index is 13.7. The molecule has 1 atom stereocenters. The second-order valence-electron chi connectivity index (χ2n) is 10.8. The Kier molecular flexibility index (Phi) is 8.10. The first-order valence-electron chi connectivity index (χ1n) is 14.1. The summed E-state index contributed by atoms with van der Waals surface area (Å²) in [6.45, 7) is 2.36. The average molecular weight is 632 g/mol. The number of halogens is 7. The van der Waals surface area contributed by atoms with E-state index in [9.17, 15) is 26.3 Å². The number of alkyl halides is 6. The molecule has 5 nitrogen and oxygen atoms in total. The van der Waals surface area contributed by atoms with Crippen LogP contribution in [0.1, 0.15) is 28.3 Å². The third-order valence-corrected chi connectivity index (χ3v) is 8.22. The maximum absolute atomic E-state index is 13.7. The van der Waals surface area contributed by atoms with E-state index in [0.717, 1.165) is 28.8 Å². The molecule has 1 saturated heterocycles. The molecule has 44 heavy (non-hydrogen) atoms. The van der Waals surface area contributed by atoms with E-state index in [1.165, 1.54) is 24.3 Å². The van der Waals surface area contributed by atoms with E-state index in [4.69, 9.17) is 11.6 Å². The highest BCUT2D eigenvalue weighted by Gasteiger charge is 2.36. The molecule has 12 heteroatoms. The van der Waals surface area contributed by atoms with Gasteiger partial charge in [-0.3, -0.25) is 0 Å². The second-order valence-corrected chi connectivity index (χ2v) is 11.3. The van der Waals surface area contributed by atoms with Crippen molar-refractivity contribution in [1.29, 1.82) is 0 Å². The van der Waals surface area contributed by atoms with Crippen molar-refractivity contribution in [2.24, 2.45) is 0 Å². The summed E-state index contributed by atoms with van der Waals surface area (Å²) in [5.41, 5.74) is 2.12. The molecule has 1 fully saturated rings. The fraction of sp³-hybridized carbons (Fsp3) is 0.281. The first-order chi connectivity index (χ1) is 21.0. The summed E-state index contributed by atoms with van der Waals surface area (Å²) in [6.07, 6.45) is -7.24. The zero-order valence-corrected chi connectivity index (χ0v) is 24.1. The van der Waals surface area contributed by atoms with Crippen LogP contribution in [0, 0.1) is 0 Å². The van der Waals surface area contributed by atoms with E-state index in [1.54, 1.807) is 17.2 Å². The van der Waals surface area contributed by atoms with Gasteiger partial charge in [0.25, 0.3) is 0 Å². The first kappa shape index (κ1) is 30.1. The van der Waals surface area contributed by atoms with Gasteiger partial charge >= 0.3 is 12.4 Å². The molecule has 230 valence electrons. The van der Waals surface area contributed by atoms with E-state index >= 15 is 0 Å². The van der Waals surface area contributed by atoms with E-state index in [0.29, 0.717) is 44.2 Å². The molecule has 0 amide bonds. The van der Waals surface area contributed by atoms with Crippen molar-refractivity contribution in [3.8, 4) is 11.1 Å². The molecular weight excluding hydrogens is 604 g/mol. The van der Waals surface area contributed by atoms with Crippen molar-refractivity contribution >= 4 is 28.8 Å². The molecule has 2 N–H and O–H groups in total. The van der Waals surface area contributed by atoms with Gasteiger partial charge in [-0.25, -0.2) is 4.98 Å². The van der Waals surface area contributed by atoms with E-state index in [-0.39, 0.29) is 28.9 Å². The summed E-state index contributed by atoms with van der Waals surface area (Å²) in [5, 5.41) is 6.85. The summed E-state index contributed by atoms with van der Waals surface area (Å²) in [7, 11) is 0. The van der Waals surface area contributed by atoms with Gasteiger partial charge in [0, 0.05) is 67.8 Å². The Bertz CT molecular complexity index is 1640. The average Bonchev–Trinajstić information content (AvgIpc) is 3.00. The van der Waals surface area contributed by atoms with Crippen LogP contribution in [0.25, 0.3) is 11.1 Å². The monoisotopic (exact) mass is 631 g/mol. The van der Waals surface area contributed by atoms with Gasteiger partial charge in [0.1, 0.15) is 5.82 Å². The molecule has 3 heterocycles. The zero-order chi connectivity index (χ0) is 31.1. The van der Waals surface area contributed by atoms with Crippen LogP contribution in [0.3, 0.4) is 0 Å². The molecule has 4 aromatic rings. The quantitative estimate of drug-likeness (QED) is 0.218. The molecule has 0 bridgehead atoms. The first-order valence-corrected chi connectivity index (χ1v) is 14.4. The van der Waals surface area contributed by atoms with Crippen molar-refractivity contribution in [3.63, 3.8) is 0 Å². The lowest BCUT2D eigenvalue weighted by Gasteiger charge is -2.36. The Hall–Kier alpha value is -3.96. The van der Waals surface area contributed by atoms with Gasteiger partial charge in [-0.05, 0) is 53.1 Å². The molecule has 0 spiro atoms. The van der Waals surface area contributed by atoms with E-state index < -0.39 is 23.5 Å². The van der Waals surface area contributed by atoms with Crippen molar-refractivity contribution in [1.82, 2.24) is 10.3 Å². The van der Waals surface area contributed by atoms with Gasteiger partial charge in [0.2, 0.25) is 0 Å². The van der Waals surface area contributed by atoms with Gasteiger partial charge in [0.15, 0.2) is 0 Å².